The Morgan fingerprint density at radius 1 is 1.36 bits per heavy atom. The highest BCUT2D eigenvalue weighted by Gasteiger charge is 2.52. The van der Waals surface area contributed by atoms with Crippen LogP contribution in [-0.2, 0) is 0 Å². The second kappa shape index (κ2) is 6.67. The molecule has 1 aromatic carbocycles. The Balaban J connectivity index is 1.32. The predicted molar refractivity (Wildman–Crippen MR) is 102 cm³/mol. The first kappa shape index (κ1) is 16.4. The van der Waals surface area contributed by atoms with Gasteiger partial charge in [-0.25, -0.2) is 0 Å². The average molecular weight is 357 g/mol. The Labute approximate surface area is 153 Å². The molecule has 25 heavy (non-hydrogen) atoms. The van der Waals surface area contributed by atoms with Crippen LogP contribution in [0.1, 0.15) is 24.8 Å². The summed E-state index contributed by atoms with van der Waals surface area (Å²) >= 11 is 5.38. The van der Waals surface area contributed by atoms with Crippen LogP contribution in [0.15, 0.2) is 35.5 Å². The largest absolute Gasteiger partial charge is 0.504 e. The van der Waals surface area contributed by atoms with Crippen molar-refractivity contribution in [2.24, 2.45) is 28.8 Å². The molecule has 3 N–H and O–H groups in total. The molecule has 0 heterocycles. The summed E-state index contributed by atoms with van der Waals surface area (Å²) in [7, 11) is 1.52. The Morgan fingerprint density at radius 3 is 3.08 bits per heavy atom. The van der Waals surface area contributed by atoms with Crippen LogP contribution in [0.25, 0.3) is 0 Å². The number of allylic oxidation sites excluding steroid dienone is 2. The van der Waals surface area contributed by atoms with Crippen LogP contribution in [-0.4, -0.2) is 29.6 Å². The van der Waals surface area contributed by atoms with Crippen molar-refractivity contribution in [1.29, 1.82) is 0 Å². The first-order chi connectivity index (χ1) is 12.2. The standard InChI is InChI=1S/C19H23N3O2S/c1-24-17-7-2-4-11(18(17)23)10-20-22-19(25)21-16-9-12-8-15(16)14-6-3-5-13(12)14/h2-4,6-7,10,12-16,23H,5,8-9H2,1H3,(H2,21,22,25)/b20-10-/t12-,13-,14+,15-,16-/m1/s1. The molecule has 0 aromatic heterocycles. The molecule has 2 fully saturated rings. The quantitative estimate of drug-likeness (QED) is 0.335. The first-order valence-corrected chi connectivity index (χ1v) is 9.20. The minimum absolute atomic E-state index is 0.0709. The van der Waals surface area contributed by atoms with Crippen LogP contribution < -0.4 is 15.5 Å². The van der Waals surface area contributed by atoms with E-state index in [2.05, 4.69) is 28.0 Å². The van der Waals surface area contributed by atoms with Gasteiger partial charge in [0.2, 0.25) is 0 Å². The summed E-state index contributed by atoms with van der Waals surface area (Å²) in [6.07, 6.45) is 10.1. The number of phenolic OH excluding ortho intramolecular Hbond substituents is 1. The molecule has 3 aliphatic carbocycles. The zero-order chi connectivity index (χ0) is 17.4. The van der Waals surface area contributed by atoms with E-state index in [0.717, 1.165) is 17.8 Å². The number of phenols is 1. The monoisotopic (exact) mass is 357 g/mol. The smallest absolute Gasteiger partial charge is 0.187 e. The van der Waals surface area contributed by atoms with E-state index in [0.29, 0.717) is 28.4 Å². The highest BCUT2D eigenvalue weighted by molar-refractivity contribution is 7.80. The van der Waals surface area contributed by atoms with Crippen LogP contribution in [0.2, 0.25) is 0 Å². The zero-order valence-electron chi connectivity index (χ0n) is 14.2. The predicted octanol–water partition coefficient (Wildman–Crippen LogP) is 2.80. The molecule has 1 aromatic rings. The topological polar surface area (TPSA) is 65.9 Å². The summed E-state index contributed by atoms with van der Waals surface area (Å²) in [4.78, 5) is 0. The van der Waals surface area contributed by atoms with Gasteiger partial charge in [0.1, 0.15) is 0 Å². The molecule has 0 amide bonds. The lowest BCUT2D eigenvalue weighted by Gasteiger charge is -2.32. The highest BCUT2D eigenvalue weighted by atomic mass is 32.1. The van der Waals surface area contributed by atoms with Crippen molar-refractivity contribution in [2.45, 2.75) is 25.3 Å². The van der Waals surface area contributed by atoms with Gasteiger partial charge in [0, 0.05) is 11.6 Å². The van der Waals surface area contributed by atoms with Gasteiger partial charge in [-0.2, -0.15) is 5.10 Å². The number of aromatic hydroxyl groups is 1. The molecule has 0 saturated heterocycles. The summed E-state index contributed by atoms with van der Waals surface area (Å²) in [5.41, 5.74) is 3.44. The summed E-state index contributed by atoms with van der Waals surface area (Å²) in [5, 5.41) is 18.2. The van der Waals surface area contributed by atoms with Crippen molar-refractivity contribution in [3.05, 3.63) is 35.9 Å². The number of benzene rings is 1. The lowest BCUT2D eigenvalue weighted by atomic mass is 9.79. The van der Waals surface area contributed by atoms with Crippen molar-refractivity contribution in [2.75, 3.05) is 7.11 Å². The fourth-order valence-electron chi connectivity index (χ4n) is 4.88. The zero-order valence-corrected chi connectivity index (χ0v) is 15.0. The normalized spacial score (nSPS) is 32.1. The van der Waals surface area contributed by atoms with Crippen molar-refractivity contribution in [1.82, 2.24) is 10.7 Å². The lowest BCUT2D eigenvalue weighted by Crippen LogP contribution is -2.45. The van der Waals surface area contributed by atoms with E-state index in [9.17, 15) is 5.11 Å². The van der Waals surface area contributed by atoms with Crippen LogP contribution in [0.4, 0.5) is 0 Å². The van der Waals surface area contributed by atoms with E-state index in [1.807, 2.05) is 0 Å². The summed E-state index contributed by atoms with van der Waals surface area (Å²) in [5.74, 6) is 3.63. The number of fused-ring (bicyclic) bond motifs is 5. The number of ether oxygens (including phenoxy) is 1. The first-order valence-electron chi connectivity index (χ1n) is 8.79. The van der Waals surface area contributed by atoms with E-state index < -0.39 is 0 Å². The second-order valence-electron chi connectivity index (χ2n) is 7.15. The number of nitrogens with one attached hydrogen (secondary N) is 2. The number of nitrogens with zero attached hydrogens (tertiary/aromatic N) is 1. The van der Waals surface area contributed by atoms with Crippen LogP contribution in [0.5, 0.6) is 11.5 Å². The molecule has 2 saturated carbocycles. The van der Waals surface area contributed by atoms with Crippen LogP contribution in [0, 0.1) is 23.7 Å². The van der Waals surface area contributed by atoms with Crippen LogP contribution >= 0.6 is 12.2 Å². The SMILES string of the molecule is COc1cccc(/C=N\NC(=S)N[C@@H]2C[C@H]3C[C@@H]2[C@H]2C=CC[C@H]32)c1O. The van der Waals surface area contributed by atoms with Gasteiger partial charge in [-0.05, 0) is 67.3 Å². The van der Waals surface area contributed by atoms with Gasteiger partial charge in [0.15, 0.2) is 16.6 Å². The summed E-state index contributed by atoms with van der Waals surface area (Å²) in [6.45, 7) is 0. The molecule has 5 nitrogen and oxygen atoms in total. The Kier molecular flexibility index (Phi) is 4.37. The van der Waals surface area contributed by atoms with Gasteiger partial charge < -0.3 is 15.2 Å². The molecule has 3 aliphatic rings. The second-order valence-corrected chi connectivity index (χ2v) is 7.56. The Morgan fingerprint density at radius 2 is 2.24 bits per heavy atom. The fraction of sp³-hybridized carbons (Fsp3) is 0.474. The van der Waals surface area contributed by atoms with E-state index >= 15 is 0 Å². The van der Waals surface area contributed by atoms with Gasteiger partial charge in [-0.3, -0.25) is 5.43 Å². The summed E-state index contributed by atoms with van der Waals surface area (Å²) < 4.78 is 5.09. The van der Waals surface area contributed by atoms with E-state index in [1.165, 1.54) is 26.4 Å². The minimum atomic E-state index is 0.0709. The Hall–Kier alpha value is -2.08. The minimum Gasteiger partial charge on any atom is -0.504 e. The maximum Gasteiger partial charge on any atom is 0.187 e. The van der Waals surface area contributed by atoms with Crippen LogP contribution in [0.3, 0.4) is 0 Å². The molecule has 6 heteroatoms. The molecular formula is C19H23N3O2S. The number of hydrogen-bond acceptors (Lipinski definition) is 4. The van der Waals surface area contributed by atoms with Gasteiger partial charge in [-0.15, -0.1) is 0 Å². The van der Waals surface area contributed by atoms with E-state index in [4.69, 9.17) is 17.0 Å². The molecular weight excluding hydrogens is 334 g/mol. The number of hydrogen-bond donors (Lipinski definition) is 3. The van der Waals surface area contributed by atoms with Gasteiger partial charge in [-0.1, -0.05) is 18.2 Å². The maximum absolute atomic E-state index is 10.0. The van der Waals surface area contributed by atoms with Crippen molar-refractivity contribution >= 4 is 23.5 Å². The number of hydrazone groups is 1. The number of methoxy groups -OCH3 is 1. The molecule has 2 bridgehead atoms. The summed E-state index contributed by atoms with van der Waals surface area (Å²) in [6, 6.07) is 5.71. The molecule has 132 valence electrons. The van der Waals surface area contributed by atoms with Gasteiger partial charge in [0.25, 0.3) is 0 Å². The van der Waals surface area contributed by atoms with E-state index in [1.54, 1.807) is 24.4 Å². The average Bonchev–Trinajstić information content (AvgIpc) is 3.29. The third-order valence-corrected chi connectivity index (χ3v) is 6.15. The molecule has 0 spiro atoms. The lowest BCUT2D eigenvalue weighted by molar-refractivity contribution is 0.246. The van der Waals surface area contributed by atoms with Crippen molar-refractivity contribution in [3.63, 3.8) is 0 Å². The molecule has 0 unspecified atom stereocenters. The molecule has 0 radical (unpaired) electrons. The number of thiocarbonyl (C=S) groups is 1. The third-order valence-electron chi connectivity index (χ3n) is 5.95. The van der Waals surface area contributed by atoms with Gasteiger partial charge >= 0.3 is 0 Å². The van der Waals surface area contributed by atoms with Crippen molar-refractivity contribution in [3.8, 4) is 11.5 Å². The maximum atomic E-state index is 10.0. The van der Waals surface area contributed by atoms with E-state index in [-0.39, 0.29) is 5.75 Å². The fourth-order valence-corrected chi connectivity index (χ4v) is 5.08. The molecule has 0 aliphatic heterocycles. The Bertz CT molecular complexity index is 733. The van der Waals surface area contributed by atoms with Crippen molar-refractivity contribution < 1.29 is 9.84 Å². The third kappa shape index (κ3) is 2.99. The molecule has 5 atom stereocenters. The highest BCUT2D eigenvalue weighted by Crippen LogP contribution is 2.56. The molecule has 4 rings (SSSR count). The van der Waals surface area contributed by atoms with Gasteiger partial charge in [0.05, 0.1) is 13.3 Å². The number of rotatable bonds is 4. The number of para-hydroxylation sites is 1.